The van der Waals surface area contributed by atoms with Gasteiger partial charge in [-0.15, -0.1) is 0 Å². The maximum atomic E-state index is 14.3. The van der Waals surface area contributed by atoms with Crippen molar-refractivity contribution in [2.75, 3.05) is 38.7 Å². The molecular formula is C36H45N3O6. The number of likely N-dealkylation sites (N-methyl/N-ethyl adjacent to an activating group) is 1. The quantitative estimate of drug-likeness (QED) is 0.363. The minimum atomic E-state index is -0.509. The number of amides is 3. The Morgan fingerprint density at radius 2 is 1.67 bits per heavy atom. The van der Waals surface area contributed by atoms with Crippen molar-refractivity contribution in [2.45, 2.75) is 58.3 Å². The van der Waals surface area contributed by atoms with E-state index in [4.69, 9.17) is 9.47 Å². The zero-order valence-electron chi connectivity index (χ0n) is 26.6. The van der Waals surface area contributed by atoms with Gasteiger partial charge in [-0.25, -0.2) is 0 Å². The van der Waals surface area contributed by atoms with Gasteiger partial charge < -0.3 is 29.7 Å². The Morgan fingerprint density at radius 3 is 2.33 bits per heavy atom. The van der Waals surface area contributed by atoms with Crippen molar-refractivity contribution in [1.29, 1.82) is 0 Å². The molecule has 4 rings (SSSR count). The number of anilines is 1. The van der Waals surface area contributed by atoms with Gasteiger partial charge in [0.25, 0.3) is 17.7 Å². The van der Waals surface area contributed by atoms with E-state index in [9.17, 15) is 19.5 Å². The van der Waals surface area contributed by atoms with Gasteiger partial charge in [-0.3, -0.25) is 14.4 Å². The van der Waals surface area contributed by atoms with Crippen molar-refractivity contribution >= 4 is 23.4 Å². The molecule has 0 bridgehead atoms. The highest BCUT2D eigenvalue weighted by atomic mass is 16.5. The number of hydrogen-bond donors (Lipinski definition) is 2. The van der Waals surface area contributed by atoms with Gasteiger partial charge in [0.15, 0.2) is 0 Å². The first kappa shape index (κ1) is 33.7. The van der Waals surface area contributed by atoms with Crippen LogP contribution < -0.4 is 10.1 Å². The van der Waals surface area contributed by atoms with E-state index >= 15 is 0 Å². The number of carbonyl (C=O) groups is 3. The third-order valence-electron chi connectivity index (χ3n) is 8.17. The number of aliphatic hydroxyl groups is 1. The van der Waals surface area contributed by atoms with E-state index in [-0.39, 0.29) is 49.0 Å². The topological polar surface area (TPSA) is 108 Å². The lowest BCUT2D eigenvalue weighted by Gasteiger charge is -2.36. The molecule has 0 saturated carbocycles. The van der Waals surface area contributed by atoms with E-state index in [1.165, 1.54) is 0 Å². The van der Waals surface area contributed by atoms with Gasteiger partial charge in [-0.05, 0) is 75.6 Å². The molecule has 2 N–H and O–H groups in total. The molecule has 1 aliphatic heterocycles. The van der Waals surface area contributed by atoms with E-state index < -0.39 is 6.04 Å². The fraction of sp³-hybridized carbons (Fsp3) is 0.417. The molecule has 0 unspecified atom stereocenters. The molecule has 3 aromatic rings. The molecule has 0 radical (unpaired) electrons. The van der Waals surface area contributed by atoms with E-state index in [0.29, 0.717) is 41.3 Å². The van der Waals surface area contributed by atoms with Crippen molar-refractivity contribution in [2.24, 2.45) is 5.92 Å². The lowest BCUT2D eigenvalue weighted by molar-refractivity contribution is -0.0149. The number of nitrogens with zero attached hydrogens (tertiary/aromatic N) is 2. The zero-order valence-corrected chi connectivity index (χ0v) is 26.6. The zero-order chi connectivity index (χ0) is 32.3. The summed E-state index contributed by atoms with van der Waals surface area (Å²) in [5, 5.41) is 13.1. The molecule has 0 fully saturated rings. The molecule has 45 heavy (non-hydrogen) atoms. The number of nitrogens with one attached hydrogen (secondary N) is 1. The average molecular weight is 616 g/mol. The van der Waals surface area contributed by atoms with Crippen LogP contribution in [0.5, 0.6) is 5.75 Å². The number of benzene rings is 3. The van der Waals surface area contributed by atoms with Gasteiger partial charge in [0, 0.05) is 49.5 Å². The first-order valence-electron chi connectivity index (χ1n) is 15.7. The predicted molar refractivity (Wildman–Crippen MR) is 175 cm³/mol. The van der Waals surface area contributed by atoms with Crippen LogP contribution in [0.1, 0.15) is 71.1 Å². The molecule has 0 aromatic heterocycles. The normalized spacial score (nSPS) is 20.2. The van der Waals surface area contributed by atoms with Crippen molar-refractivity contribution < 1.29 is 29.0 Å². The van der Waals surface area contributed by atoms with Gasteiger partial charge in [0.1, 0.15) is 5.75 Å². The molecule has 4 atom stereocenters. The highest BCUT2D eigenvalue weighted by Gasteiger charge is 2.31. The van der Waals surface area contributed by atoms with Crippen molar-refractivity contribution in [3.8, 4) is 5.75 Å². The summed E-state index contributed by atoms with van der Waals surface area (Å²) in [7, 11) is 1.76. The van der Waals surface area contributed by atoms with Crippen LogP contribution >= 0.6 is 0 Å². The van der Waals surface area contributed by atoms with Gasteiger partial charge in [-0.2, -0.15) is 0 Å². The number of rotatable bonds is 7. The maximum Gasteiger partial charge on any atom is 0.258 e. The Hall–Kier alpha value is -4.21. The number of aliphatic hydroxyl groups excluding tert-OH is 1. The predicted octanol–water partition coefficient (Wildman–Crippen LogP) is 5.51. The second-order valence-corrected chi connectivity index (χ2v) is 11.9. The third-order valence-corrected chi connectivity index (χ3v) is 8.17. The Morgan fingerprint density at radius 1 is 1.00 bits per heavy atom. The fourth-order valence-corrected chi connectivity index (χ4v) is 5.41. The largest absolute Gasteiger partial charge is 0.490 e. The van der Waals surface area contributed by atoms with Crippen molar-refractivity contribution in [1.82, 2.24) is 9.80 Å². The molecule has 0 saturated heterocycles. The molecule has 9 nitrogen and oxygen atoms in total. The number of carbonyl (C=O) groups excluding carboxylic acids is 3. The standard InChI is InChI=1S/C36H45N3O6/c1-25-22-39(26(2)24-40)36(43)31-21-30(37-34(41)28-14-7-5-8-15-28)18-19-32(31)45-27(3)13-11-12-20-44-33(25)23-38(4)35(42)29-16-9-6-10-17-29/h5-10,14-19,21,25-27,33,40H,11-13,20,22-24H2,1-4H3,(H,37,41)/t25-,26-,27+,33+/m0/s1. The molecule has 1 aliphatic rings. The highest BCUT2D eigenvalue weighted by molar-refractivity contribution is 6.05. The Balaban J connectivity index is 1.63. The van der Waals surface area contributed by atoms with Crippen LogP contribution in [0.4, 0.5) is 5.69 Å². The van der Waals surface area contributed by atoms with Crippen molar-refractivity contribution in [3.05, 3.63) is 95.6 Å². The van der Waals surface area contributed by atoms with Crippen molar-refractivity contribution in [3.63, 3.8) is 0 Å². The molecule has 9 heteroatoms. The second-order valence-electron chi connectivity index (χ2n) is 11.9. The summed E-state index contributed by atoms with van der Waals surface area (Å²) in [4.78, 5) is 43.7. The van der Waals surface area contributed by atoms with Gasteiger partial charge >= 0.3 is 0 Å². The van der Waals surface area contributed by atoms with E-state index in [1.807, 2.05) is 38.1 Å². The van der Waals surface area contributed by atoms with E-state index in [2.05, 4.69) is 5.32 Å². The second kappa shape index (κ2) is 16.2. The van der Waals surface area contributed by atoms with Crippen LogP contribution in [0.25, 0.3) is 0 Å². The van der Waals surface area contributed by atoms with Crippen LogP contribution in [0.2, 0.25) is 0 Å². The Bertz CT molecular complexity index is 1420. The smallest absolute Gasteiger partial charge is 0.258 e. The minimum absolute atomic E-state index is 0.104. The third kappa shape index (κ3) is 9.15. The first-order valence-corrected chi connectivity index (χ1v) is 15.7. The lowest BCUT2D eigenvalue weighted by atomic mass is 10.0. The van der Waals surface area contributed by atoms with Crippen LogP contribution in [0, 0.1) is 5.92 Å². The first-order chi connectivity index (χ1) is 21.7. The molecule has 0 spiro atoms. The summed E-state index contributed by atoms with van der Waals surface area (Å²) in [5.41, 5.74) is 1.85. The van der Waals surface area contributed by atoms with E-state index in [1.54, 1.807) is 78.4 Å². The molecule has 0 aliphatic carbocycles. The fourth-order valence-electron chi connectivity index (χ4n) is 5.41. The summed E-state index contributed by atoms with van der Waals surface area (Å²) in [6.45, 7) is 6.64. The van der Waals surface area contributed by atoms with Crippen LogP contribution in [0.15, 0.2) is 78.9 Å². The van der Waals surface area contributed by atoms with Gasteiger partial charge in [0.2, 0.25) is 0 Å². The van der Waals surface area contributed by atoms with Crippen LogP contribution in [-0.2, 0) is 4.74 Å². The number of hydrogen-bond acceptors (Lipinski definition) is 6. The summed E-state index contributed by atoms with van der Waals surface area (Å²) >= 11 is 0. The SMILES string of the molecule is C[C@@H]1CCCCO[C@H](CN(C)C(=O)c2ccccc2)[C@@H](C)CN([C@@H](C)CO)C(=O)c2cc(NC(=O)c3ccccc3)ccc2O1. The summed E-state index contributed by atoms with van der Waals surface area (Å²) < 4.78 is 12.7. The Kier molecular flexibility index (Phi) is 12.1. The summed E-state index contributed by atoms with van der Waals surface area (Å²) in [6, 6.07) is 22.6. The monoisotopic (exact) mass is 615 g/mol. The van der Waals surface area contributed by atoms with Gasteiger partial charge in [0.05, 0.1) is 30.4 Å². The van der Waals surface area contributed by atoms with Crippen LogP contribution in [-0.4, -0.2) is 84.2 Å². The van der Waals surface area contributed by atoms with E-state index in [0.717, 1.165) is 19.3 Å². The minimum Gasteiger partial charge on any atom is -0.490 e. The molecule has 3 amide bonds. The molecule has 240 valence electrons. The number of ether oxygens (including phenoxy) is 2. The summed E-state index contributed by atoms with van der Waals surface area (Å²) in [5.74, 6) is -0.479. The summed E-state index contributed by atoms with van der Waals surface area (Å²) in [6.07, 6.45) is 1.92. The molecule has 1 heterocycles. The molecular weight excluding hydrogens is 570 g/mol. The lowest BCUT2D eigenvalue weighted by Crippen LogP contribution is -2.48. The van der Waals surface area contributed by atoms with Crippen LogP contribution in [0.3, 0.4) is 0 Å². The average Bonchev–Trinajstić information content (AvgIpc) is 3.06. The highest BCUT2D eigenvalue weighted by Crippen LogP contribution is 2.29. The maximum absolute atomic E-state index is 14.3. The number of fused-ring (bicyclic) bond motifs is 1. The Labute approximate surface area is 266 Å². The van der Waals surface area contributed by atoms with Gasteiger partial charge in [-0.1, -0.05) is 43.3 Å². The molecule has 3 aromatic carbocycles.